The minimum absolute atomic E-state index is 0.116. The van der Waals surface area contributed by atoms with E-state index in [4.69, 9.17) is 16.6 Å². The highest BCUT2D eigenvalue weighted by Gasteiger charge is 2.25. The molecule has 0 saturated carbocycles. The molecule has 1 atom stereocenters. The molecule has 0 radical (unpaired) electrons. The third-order valence-electron chi connectivity index (χ3n) is 4.03. The van der Waals surface area contributed by atoms with Crippen LogP contribution in [-0.4, -0.2) is 25.3 Å². The van der Waals surface area contributed by atoms with E-state index in [9.17, 15) is 4.21 Å². The first-order valence-corrected chi connectivity index (χ1v) is 8.97. The van der Waals surface area contributed by atoms with Crippen molar-refractivity contribution in [1.82, 2.24) is 9.55 Å². The zero-order valence-electron chi connectivity index (χ0n) is 11.8. The predicted octanol–water partition coefficient (Wildman–Crippen LogP) is 3.73. The lowest BCUT2D eigenvalue weighted by molar-refractivity contribution is 0.457. The normalized spacial score (nSPS) is 24.9. The van der Waals surface area contributed by atoms with Crippen molar-refractivity contribution in [3.8, 4) is 0 Å². The molecule has 0 N–H and O–H groups in total. The van der Waals surface area contributed by atoms with Crippen LogP contribution in [0.3, 0.4) is 0 Å². The second kappa shape index (κ2) is 5.49. The molecule has 3 rings (SSSR count). The molecular formula is C15H19ClN2OS. The predicted molar refractivity (Wildman–Crippen MR) is 84.9 cm³/mol. The van der Waals surface area contributed by atoms with Gasteiger partial charge in [-0.05, 0) is 38.3 Å². The van der Waals surface area contributed by atoms with Crippen LogP contribution in [0, 0.1) is 6.92 Å². The number of para-hydroxylation sites is 1. The number of aromatic nitrogens is 2. The summed E-state index contributed by atoms with van der Waals surface area (Å²) in [6, 6.07) is 6.64. The number of aryl methyl sites for hydroxylation is 1. The van der Waals surface area contributed by atoms with E-state index in [-0.39, 0.29) is 5.38 Å². The highest BCUT2D eigenvalue weighted by Crippen LogP contribution is 2.33. The maximum atomic E-state index is 11.6. The van der Waals surface area contributed by atoms with Gasteiger partial charge in [0, 0.05) is 28.3 Å². The van der Waals surface area contributed by atoms with Crippen molar-refractivity contribution in [3.05, 3.63) is 29.6 Å². The number of halogens is 1. The molecule has 0 amide bonds. The fraction of sp³-hybridized carbons (Fsp3) is 0.533. The molecule has 20 heavy (non-hydrogen) atoms. The van der Waals surface area contributed by atoms with E-state index < -0.39 is 10.8 Å². The van der Waals surface area contributed by atoms with Gasteiger partial charge in [-0.1, -0.05) is 12.1 Å². The van der Waals surface area contributed by atoms with Crippen LogP contribution in [0.15, 0.2) is 18.2 Å². The number of rotatable bonds is 2. The van der Waals surface area contributed by atoms with Crippen LogP contribution in [0.5, 0.6) is 0 Å². The van der Waals surface area contributed by atoms with Gasteiger partial charge >= 0.3 is 0 Å². The number of benzene rings is 1. The Hall–Kier alpha value is -0.870. The second-order valence-electron chi connectivity index (χ2n) is 5.48. The Labute approximate surface area is 126 Å². The first kappa shape index (κ1) is 14.1. The average Bonchev–Trinajstić information content (AvgIpc) is 2.81. The van der Waals surface area contributed by atoms with Crippen LogP contribution < -0.4 is 0 Å². The summed E-state index contributed by atoms with van der Waals surface area (Å²) in [4.78, 5) is 4.76. The Bertz CT molecular complexity index is 655. The van der Waals surface area contributed by atoms with Crippen molar-refractivity contribution in [2.75, 3.05) is 11.5 Å². The van der Waals surface area contributed by atoms with Gasteiger partial charge in [0.25, 0.3) is 0 Å². The van der Waals surface area contributed by atoms with E-state index in [0.29, 0.717) is 6.04 Å². The molecule has 2 heterocycles. The number of alkyl halides is 1. The lowest BCUT2D eigenvalue weighted by Gasteiger charge is -2.25. The molecule has 3 nitrogen and oxygen atoms in total. The monoisotopic (exact) mass is 310 g/mol. The molecule has 1 saturated heterocycles. The fourth-order valence-corrected chi connectivity index (χ4v) is 4.41. The van der Waals surface area contributed by atoms with Gasteiger partial charge in [-0.25, -0.2) is 4.98 Å². The number of imidazole rings is 1. The number of hydrogen-bond donors (Lipinski definition) is 0. The topological polar surface area (TPSA) is 34.9 Å². The van der Waals surface area contributed by atoms with Crippen LogP contribution in [0.2, 0.25) is 0 Å². The van der Waals surface area contributed by atoms with Gasteiger partial charge in [-0.2, -0.15) is 0 Å². The number of fused-ring (bicyclic) bond motifs is 1. The van der Waals surface area contributed by atoms with Crippen molar-refractivity contribution in [2.24, 2.45) is 0 Å². The quantitative estimate of drug-likeness (QED) is 0.792. The molecule has 1 aromatic heterocycles. The van der Waals surface area contributed by atoms with Crippen molar-refractivity contribution < 1.29 is 4.21 Å². The smallest absolute Gasteiger partial charge is 0.127 e. The van der Waals surface area contributed by atoms with Crippen LogP contribution >= 0.6 is 11.6 Å². The van der Waals surface area contributed by atoms with Crippen molar-refractivity contribution in [3.63, 3.8) is 0 Å². The van der Waals surface area contributed by atoms with Crippen LogP contribution in [0.25, 0.3) is 11.0 Å². The molecule has 1 unspecified atom stereocenters. The first-order valence-electron chi connectivity index (χ1n) is 7.04. The zero-order valence-corrected chi connectivity index (χ0v) is 13.4. The summed E-state index contributed by atoms with van der Waals surface area (Å²) in [5.41, 5.74) is 3.38. The minimum atomic E-state index is -0.645. The van der Waals surface area contributed by atoms with Gasteiger partial charge in [0.1, 0.15) is 5.82 Å². The van der Waals surface area contributed by atoms with E-state index >= 15 is 0 Å². The Morgan fingerprint density at radius 2 is 2.10 bits per heavy atom. The van der Waals surface area contributed by atoms with Crippen LogP contribution in [-0.2, 0) is 10.8 Å². The third-order valence-corrected chi connectivity index (χ3v) is 5.60. The number of hydrogen-bond acceptors (Lipinski definition) is 2. The second-order valence-corrected chi connectivity index (χ2v) is 7.83. The van der Waals surface area contributed by atoms with Gasteiger partial charge in [0.15, 0.2) is 0 Å². The summed E-state index contributed by atoms with van der Waals surface area (Å²) >= 11 is 6.34. The molecule has 0 spiro atoms. The molecule has 108 valence electrons. The molecule has 1 aromatic carbocycles. The lowest BCUT2D eigenvalue weighted by atomic mass is 10.1. The fourth-order valence-electron chi connectivity index (χ4n) is 2.98. The Morgan fingerprint density at radius 3 is 2.75 bits per heavy atom. The lowest BCUT2D eigenvalue weighted by Crippen LogP contribution is -2.23. The number of nitrogens with zero attached hydrogens (tertiary/aromatic N) is 2. The summed E-state index contributed by atoms with van der Waals surface area (Å²) in [6.07, 6.45) is 1.89. The van der Waals surface area contributed by atoms with Gasteiger partial charge in [0.05, 0.1) is 16.4 Å². The van der Waals surface area contributed by atoms with E-state index in [2.05, 4.69) is 29.7 Å². The van der Waals surface area contributed by atoms with Gasteiger partial charge in [-0.15, -0.1) is 11.6 Å². The summed E-state index contributed by atoms with van der Waals surface area (Å²) in [6.45, 7) is 4.05. The average molecular weight is 311 g/mol. The van der Waals surface area contributed by atoms with Crippen molar-refractivity contribution >= 4 is 33.4 Å². The molecular weight excluding hydrogens is 292 g/mol. The molecule has 0 bridgehead atoms. The molecule has 2 aromatic rings. The van der Waals surface area contributed by atoms with Gasteiger partial charge in [0.2, 0.25) is 0 Å². The maximum absolute atomic E-state index is 11.6. The third kappa shape index (κ3) is 2.40. The summed E-state index contributed by atoms with van der Waals surface area (Å²) < 4.78 is 13.9. The van der Waals surface area contributed by atoms with E-state index in [1.807, 2.05) is 6.92 Å². The molecule has 0 aliphatic carbocycles. The largest absolute Gasteiger partial charge is 0.324 e. The van der Waals surface area contributed by atoms with E-state index in [1.54, 1.807) is 0 Å². The van der Waals surface area contributed by atoms with E-state index in [0.717, 1.165) is 41.2 Å². The highest BCUT2D eigenvalue weighted by atomic mass is 35.5. The van der Waals surface area contributed by atoms with Gasteiger partial charge in [-0.3, -0.25) is 4.21 Å². The van der Waals surface area contributed by atoms with Gasteiger partial charge < -0.3 is 4.57 Å². The van der Waals surface area contributed by atoms with E-state index in [1.165, 1.54) is 5.56 Å². The Balaban J connectivity index is 2.14. The van der Waals surface area contributed by atoms with Crippen molar-refractivity contribution in [2.45, 2.75) is 38.1 Å². The Morgan fingerprint density at radius 1 is 1.40 bits per heavy atom. The zero-order chi connectivity index (χ0) is 14.3. The van der Waals surface area contributed by atoms with Crippen molar-refractivity contribution in [1.29, 1.82) is 0 Å². The molecule has 1 aliphatic rings. The SMILES string of the molecule is Cc1cccc2c1nc(C(C)Cl)n2C1CCS(=O)CC1. The summed E-state index contributed by atoms with van der Waals surface area (Å²) in [7, 11) is -0.645. The van der Waals surface area contributed by atoms with Crippen LogP contribution in [0.4, 0.5) is 0 Å². The molecule has 1 fully saturated rings. The molecule has 5 heteroatoms. The Kier molecular flexibility index (Phi) is 3.87. The summed E-state index contributed by atoms with van der Waals surface area (Å²) in [5, 5.41) is -0.116. The minimum Gasteiger partial charge on any atom is -0.324 e. The highest BCUT2D eigenvalue weighted by molar-refractivity contribution is 7.85. The maximum Gasteiger partial charge on any atom is 0.127 e. The molecule has 1 aliphatic heterocycles. The van der Waals surface area contributed by atoms with Crippen LogP contribution in [0.1, 0.15) is 42.6 Å². The standard InChI is InChI=1S/C15H19ClN2OS/c1-10-4-3-5-13-14(10)17-15(11(2)16)18(13)12-6-8-20(19)9-7-12/h3-5,11-12H,6-9H2,1-2H3. The summed E-state index contributed by atoms with van der Waals surface area (Å²) in [5.74, 6) is 2.51. The first-order chi connectivity index (χ1) is 9.58.